The van der Waals surface area contributed by atoms with Crippen molar-refractivity contribution in [2.75, 3.05) is 40.4 Å². The normalized spacial score (nSPS) is 23.3. The van der Waals surface area contributed by atoms with Gasteiger partial charge in [0.1, 0.15) is 0 Å². The fraction of sp³-hybridized carbons (Fsp3) is 0.909. The molecule has 1 rings (SSSR count). The van der Waals surface area contributed by atoms with Crippen molar-refractivity contribution in [2.24, 2.45) is 0 Å². The van der Waals surface area contributed by atoms with E-state index >= 15 is 0 Å². The third-order valence-electron chi connectivity index (χ3n) is 2.87. The van der Waals surface area contributed by atoms with Crippen molar-refractivity contribution in [1.29, 1.82) is 0 Å². The lowest BCUT2D eigenvalue weighted by Gasteiger charge is -2.18. The SMILES string of the molecule is CNC1CCN(CC(=O)NC(C)COC)C1. The predicted octanol–water partition coefficient (Wildman–Crippen LogP) is -0.569. The lowest BCUT2D eigenvalue weighted by Crippen LogP contribution is -2.42. The van der Waals surface area contributed by atoms with E-state index in [2.05, 4.69) is 15.5 Å². The van der Waals surface area contributed by atoms with Crippen molar-refractivity contribution in [2.45, 2.75) is 25.4 Å². The van der Waals surface area contributed by atoms with Gasteiger partial charge in [0.25, 0.3) is 0 Å². The highest BCUT2D eigenvalue weighted by Gasteiger charge is 2.22. The van der Waals surface area contributed by atoms with Crippen LogP contribution in [0.5, 0.6) is 0 Å². The zero-order valence-electron chi connectivity index (χ0n) is 10.5. The van der Waals surface area contributed by atoms with Gasteiger partial charge >= 0.3 is 0 Å². The summed E-state index contributed by atoms with van der Waals surface area (Å²) in [6, 6.07) is 0.615. The van der Waals surface area contributed by atoms with Gasteiger partial charge in [-0.1, -0.05) is 0 Å². The Labute approximate surface area is 97.5 Å². The molecule has 0 bridgehead atoms. The third kappa shape index (κ3) is 4.47. The molecule has 2 unspecified atom stereocenters. The molecule has 1 aliphatic rings. The molecule has 2 atom stereocenters. The highest BCUT2D eigenvalue weighted by molar-refractivity contribution is 5.78. The number of hydrogen-bond acceptors (Lipinski definition) is 4. The number of carbonyl (C=O) groups excluding carboxylic acids is 1. The van der Waals surface area contributed by atoms with Crippen molar-refractivity contribution >= 4 is 5.91 Å². The predicted molar refractivity (Wildman–Crippen MR) is 63.4 cm³/mol. The maximum Gasteiger partial charge on any atom is 0.234 e. The molecule has 0 aromatic carbocycles. The monoisotopic (exact) mass is 229 g/mol. The van der Waals surface area contributed by atoms with E-state index in [4.69, 9.17) is 4.74 Å². The Bertz CT molecular complexity index is 223. The smallest absolute Gasteiger partial charge is 0.234 e. The molecule has 5 heteroatoms. The van der Waals surface area contributed by atoms with Gasteiger partial charge in [-0.15, -0.1) is 0 Å². The Balaban J connectivity index is 2.19. The average molecular weight is 229 g/mol. The van der Waals surface area contributed by atoms with Gasteiger partial charge in [-0.05, 0) is 20.4 Å². The molecule has 1 fully saturated rings. The van der Waals surface area contributed by atoms with Crippen LogP contribution in [-0.2, 0) is 9.53 Å². The van der Waals surface area contributed by atoms with Crippen LogP contribution in [0.15, 0.2) is 0 Å². The van der Waals surface area contributed by atoms with Crippen LogP contribution in [0, 0.1) is 0 Å². The molecule has 0 saturated carbocycles. The quantitative estimate of drug-likeness (QED) is 0.640. The number of methoxy groups -OCH3 is 1. The highest BCUT2D eigenvalue weighted by Crippen LogP contribution is 2.07. The van der Waals surface area contributed by atoms with Crippen molar-refractivity contribution in [1.82, 2.24) is 15.5 Å². The zero-order chi connectivity index (χ0) is 12.0. The summed E-state index contributed by atoms with van der Waals surface area (Å²) in [5.74, 6) is 0.0845. The Morgan fingerprint density at radius 1 is 1.62 bits per heavy atom. The van der Waals surface area contributed by atoms with Crippen LogP contribution in [0.2, 0.25) is 0 Å². The summed E-state index contributed by atoms with van der Waals surface area (Å²) >= 11 is 0. The van der Waals surface area contributed by atoms with Crippen molar-refractivity contribution < 1.29 is 9.53 Å². The number of rotatable bonds is 6. The molecule has 0 spiro atoms. The summed E-state index contributed by atoms with van der Waals surface area (Å²) in [5, 5.41) is 6.15. The van der Waals surface area contributed by atoms with Gasteiger partial charge in [0.2, 0.25) is 5.91 Å². The molecule has 5 nitrogen and oxygen atoms in total. The molecule has 1 aliphatic heterocycles. The van der Waals surface area contributed by atoms with Crippen molar-refractivity contribution in [3.63, 3.8) is 0 Å². The van der Waals surface area contributed by atoms with E-state index in [1.165, 1.54) is 0 Å². The molecule has 1 amide bonds. The Kier molecular flexibility index (Phi) is 5.73. The number of likely N-dealkylation sites (tertiary alicyclic amines) is 1. The maximum atomic E-state index is 11.7. The standard InChI is InChI=1S/C11H23N3O2/c1-9(8-16-3)13-11(15)7-14-5-4-10(6-14)12-2/h9-10,12H,4-8H2,1-3H3,(H,13,15). The number of hydrogen-bond donors (Lipinski definition) is 2. The largest absolute Gasteiger partial charge is 0.383 e. The molecule has 0 radical (unpaired) electrons. The molecule has 16 heavy (non-hydrogen) atoms. The minimum absolute atomic E-state index is 0.0835. The topological polar surface area (TPSA) is 53.6 Å². The van der Waals surface area contributed by atoms with Crippen LogP contribution in [0.25, 0.3) is 0 Å². The lowest BCUT2D eigenvalue weighted by molar-refractivity contribution is -0.123. The van der Waals surface area contributed by atoms with Gasteiger partial charge < -0.3 is 15.4 Å². The second-order valence-electron chi connectivity index (χ2n) is 4.43. The van der Waals surface area contributed by atoms with Gasteiger partial charge in [-0.3, -0.25) is 9.69 Å². The summed E-state index contributed by atoms with van der Waals surface area (Å²) < 4.78 is 4.97. The van der Waals surface area contributed by atoms with E-state index in [0.717, 1.165) is 19.5 Å². The van der Waals surface area contributed by atoms with Crippen molar-refractivity contribution in [3.8, 4) is 0 Å². The molecular weight excluding hydrogens is 206 g/mol. The average Bonchev–Trinajstić information content (AvgIpc) is 2.65. The first-order valence-electron chi connectivity index (χ1n) is 5.83. The number of ether oxygens (including phenoxy) is 1. The second kappa shape index (κ2) is 6.83. The van der Waals surface area contributed by atoms with Gasteiger partial charge in [-0.25, -0.2) is 0 Å². The Morgan fingerprint density at radius 3 is 2.94 bits per heavy atom. The molecular formula is C11H23N3O2. The first kappa shape index (κ1) is 13.4. The van der Waals surface area contributed by atoms with Crippen molar-refractivity contribution in [3.05, 3.63) is 0 Å². The van der Waals surface area contributed by atoms with Gasteiger partial charge in [0.15, 0.2) is 0 Å². The van der Waals surface area contributed by atoms with E-state index in [0.29, 0.717) is 19.2 Å². The summed E-state index contributed by atoms with van der Waals surface area (Å²) in [4.78, 5) is 13.8. The van der Waals surface area contributed by atoms with E-state index in [1.54, 1.807) is 7.11 Å². The number of likely N-dealkylation sites (N-methyl/N-ethyl adjacent to an activating group) is 1. The van der Waals surface area contributed by atoms with Gasteiger partial charge in [0.05, 0.1) is 13.2 Å². The Morgan fingerprint density at radius 2 is 2.38 bits per heavy atom. The fourth-order valence-electron chi connectivity index (χ4n) is 2.03. The summed E-state index contributed by atoms with van der Waals surface area (Å²) in [6.07, 6.45) is 1.12. The second-order valence-corrected chi connectivity index (χ2v) is 4.43. The lowest BCUT2D eigenvalue weighted by atomic mass is 10.3. The molecule has 0 aromatic heterocycles. The summed E-state index contributed by atoms with van der Waals surface area (Å²) in [5.41, 5.74) is 0. The molecule has 2 N–H and O–H groups in total. The van der Waals surface area contributed by atoms with Crippen LogP contribution in [-0.4, -0.2) is 63.3 Å². The van der Waals surface area contributed by atoms with E-state index < -0.39 is 0 Å². The van der Waals surface area contributed by atoms with Crippen LogP contribution >= 0.6 is 0 Å². The first-order chi connectivity index (χ1) is 7.65. The fourth-order valence-corrected chi connectivity index (χ4v) is 2.03. The Hall–Kier alpha value is -0.650. The number of amides is 1. The maximum absolute atomic E-state index is 11.7. The minimum atomic E-state index is 0.0835. The highest BCUT2D eigenvalue weighted by atomic mass is 16.5. The van der Waals surface area contributed by atoms with E-state index in [9.17, 15) is 4.79 Å². The summed E-state index contributed by atoms with van der Waals surface area (Å²) in [7, 11) is 3.61. The molecule has 94 valence electrons. The minimum Gasteiger partial charge on any atom is -0.383 e. The number of carbonyl (C=O) groups is 1. The van der Waals surface area contributed by atoms with Crippen LogP contribution < -0.4 is 10.6 Å². The van der Waals surface area contributed by atoms with E-state index in [-0.39, 0.29) is 11.9 Å². The molecule has 1 saturated heterocycles. The molecule has 0 aromatic rings. The van der Waals surface area contributed by atoms with Gasteiger partial charge in [-0.2, -0.15) is 0 Å². The summed E-state index contributed by atoms with van der Waals surface area (Å²) in [6.45, 7) is 4.96. The number of nitrogens with one attached hydrogen (secondary N) is 2. The molecule has 1 heterocycles. The zero-order valence-corrected chi connectivity index (χ0v) is 10.5. The number of nitrogens with zero attached hydrogens (tertiary/aromatic N) is 1. The van der Waals surface area contributed by atoms with E-state index in [1.807, 2.05) is 14.0 Å². The van der Waals surface area contributed by atoms with Crippen LogP contribution in [0.1, 0.15) is 13.3 Å². The first-order valence-corrected chi connectivity index (χ1v) is 5.83. The van der Waals surface area contributed by atoms with Gasteiger partial charge in [0, 0.05) is 32.3 Å². The van der Waals surface area contributed by atoms with Crippen LogP contribution in [0.4, 0.5) is 0 Å². The molecule has 0 aliphatic carbocycles. The van der Waals surface area contributed by atoms with Crippen LogP contribution in [0.3, 0.4) is 0 Å². The third-order valence-corrected chi connectivity index (χ3v) is 2.87.